The molecule has 0 spiro atoms. The van der Waals surface area contributed by atoms with Crippen LogP contribution in [0.25, 0.3) is 5.69 Å². The van der Waals surface area contributed by atoms with Crippen LogP contribution in [0.15, 0.2) is 41.5 Å². The molecular weight excluding hydrogens is 514 g/mol. The average Bonchev–Trinajstić information content (AvgIpc) is 3.13. The molecule has 2 rings (SSSR count). The van der Waals surface area contributed by atoms with Crippen LogP contribution < -0.4 is 16.0 Å². The lowest BCUT2D eigenvalue weighted by Gasteiger charge is -2.19. The molecule has 10 heteroatoms. The van der Waals surface area contributed by atoms with Crippen LogP contribution in [0.3, 0.4) is 0 Å². The number of rotatable bonds is 8. The molecule has 0 aliphatic rings. The molecule has 1 aromatic carbocycles. The third-order valence-corrected chi connectivity index (χ3v) is 3.80. The Labute approximate surface area is 200 Å². The van der Waals surface area contributed by atoms with Crippen LogP contribution in [-0.2, 0) is 11.2 Å². The highest BCUT2D eigenvalue weighted by molar-refractivity contribution is 14.0. The molecule has 1 aromatic heterocycles. The number of hydrogen-bond acceptors (Lipinski definition) is 4. The van der Waals surface area contributed by atoms with Crippen molar-refractivity contribution in [2.75, 3.05) is 26.2 Å². The third kappa shape index (κ3) is 10.5. The van der Waals surface area contributed by atoms with Crippen molar-refractivity contribution in [2.24, 2.45) is 4.99 Å². The summed E-state index contributed by atoms with van der Waals surface area (Å²) in [5.41, 5.74) is 1.18. The Bertz CT molecular complexity index is 833. The Hall–Kier alpha value is -2.37. The van der Waals surface area contributed by atoms with Crippen LogP contribution in [0, 0.1) is 5.82 Å². The lowest BCUT2D eigenvalue weighted by molar-refractivity contribution is 0.0529. The summed E-state index contributed by atoms with van der Waals surface area (Å²) in [5.74, 6) is 0.395. The second-order valence-corrected chi connectivity index (χ2v) is 7.59. The first-order chi connectivity index (χ1) is 14.3. The first-order valence-corrected chi connectivity index (χ1v) is 10.1. The van der Waals surface area contributed by atoms with Gasteiger partial charge in [0, 0.05) is 38.8 Å². The van der Waals surface area contributed by atoms with Gasteiger partial charge in [-0.05, 0) is 58.0 Å². The van der Waals surface area contributed by atoms with Gasteiger partial charge in [-0.1, -0.05) is 0 Å². The molecule has 0 aliphatic carbocycles. The van der Waals surface area contributed by atoms with Gasteiger partial charge in [0.1, 0.15) is 11.4 Å². The van der Waals surface area contributed by atoms with E-state index in [0.29, 0.717) is 32.0 Å². The van der Waals surface area contributed by atoms with E-state index in [9.17, 15) is 9.18 Å². The molecule has 0 atom stereocenters. The second-order valence-electron chi connectivity index (χ2n) is 7.59. The monoisotopic (exact) mass is 546 g/mol. The van der Waals surface area contributed by atoms with Crippen molar-refractivity contribution < 1.29 is 13.9 Å². The standard InChI is InChI=1S/C21H31FN6O2.HI/c1-5-23-19(25-13-14-26-20(29)30-21(2,3)4)24-12-10-17-11-15-28(27-17)18-8-6-16(22)7-9-18;/h6-9,11,15H,5,10,12-14H2,1-4H3,(H,26,29)(H2,23,24,25);1H. The molecular formula is C21H32FIN6O2. The van der Waals surface area contributed by atoms with Crippen molar-refractivity contribution in [2.45, 2.75) is 39.7 Å². The molecule has 0 fully saturated rings. The van der Waals surface area contributed by atoms with Gasteiger partial charge in [0.15, 0.2) is 5.96 Å². The highest BCUT2D eigenvalue weighted by Crippen LogP contribution is 2.09. The number of carbonyl (C=O) groups is 1. The highest BCUT2D eigenvalue weighted by atomic mass is 127. The summed E-state index contributed by atoms with van der Waals surface area (Å²) < 4.78 is 20.0. The summed E-state index contributed by atoms with van der Waals surface area (Å²) in [6, 6.07) is 8.11. The Morgan fingerprint density at radius 1 is 1.13 bits per heavy atom. The minimum absolute atomic E-state index is 0. The number of benzene rings is 1. The predicted octanol–water partition coefficient (Wildman–Crippen LogP) is 3.25. The van der Waals surface area contributed by atoms with Crippen molar-refractivity contribution >= 4 is 36.0 Å². The fourth-order valence-corrected chi connectivity index (χ4v) is 2.52. The number of aliphatic imine (C=N–C) groups is 1. The van der Waals surface area contributed by atoms with Gasteiger partial charge in [-0.15, -0.1) is 24.0 Å². The van der Waals surface area contributed by atoms with Gasteiger partial charge >= 0.3 is 6.09 Å². The number of amides is 1. The zero-order chi connectivity index (χ0) is 22.0. The fourth-order valence-electron chi connectivity index (χ4n) is 2.52. The quantitative estimate of drug-likeness (QED) is 0.205. The van der Waals surface area contributed by atoms with Crippen LogP contribution >= 0.6 is 24.0 Å². The van der Waals surface area contributed by atoms with Crippen molar-refractivity contribution in [3.63, 3.8) is 0 Å². The zero-order valence-corrected chi connectivity index (χ0v) is 20.8. The molecule has 3 N–H and O–H groups in total. The van der Waals surface area contributed by atoms with E-state index in [2.05, 4.69) is 26.0 Å². The minimum Gasteiger partial charge on any atom is -0.444 e. The zero-order valence-electron chi connectivity index (χ0n) is 18.4. The molecule has 0 unspecified atom stereocenters. The van der Waals surface area contributed by atoms with E-state index in [1.807, 2.05) is 40.0 Å². The maximum Gasteiger partial charge on any atom is 0.407 e. The molecule has 0 saturated carbocycles. The van der Waals surface area contributed by atoms with Gasteiger partial charge in [0.25, 0.3) is 0 Å². The SMILES string of the molecule is CCNC(=NCCc1ccn(-c2ccc(F)cc2)n1)NCCNC(=O)OC(C)(C)C.I. The first kappa shape index (κ1) is 26.7. The number of nitrogens with zero attached hydrogens (tertiary/aromatic N) is 3. The van der Waals surface area contributed by atoms with Crippen LogP contribution in [0.2, 0.25) is 0 Å². The van der Waals surface area contributed by atoms with Gasteiger partial charge in [-0.25, -0.2) is 13.9 Å². The fraction of sp³-hybridized carbons (Fsp3) is 0.476. The number of halogens is 2. The molecule has 172 valence electrons. The Morgan fingerprint density at radius 2 is 1.81 bits per heavy atom. The van der Waals surface area contributed by atoms with E-state index < -0.39 is 11.7 Å². The summed E-state index contributed by atoms with van der Waals surface area (Å²) >= 11 is 0. The van der Waals surface area contributed by atoms with E-state index in [0.717, 1.165) is 17.9 Å². The largest absolute Gasteiger partial charge is 0.444 e. The average molecular weight is 546 g/mol. The van der Waals surface area contributed by atoms with E-state index >= 15 is 0 Å². The van der Waals surface area contributed by atoms with Gasteiger partial charge in [-0.2, -0.15) is 5.10 Å². The van der Waals surface area contributed by atoms with Gasteiger partial charge < -0.3 is 20.7 Å². The van der Waals surface area contributed by atoms with Crippen molar-refractivity contribution in [1.82, 2.24) is 25.7 Å². The molecule has 31 heavy (non-hydrogen) atoms. The van der Waals surface area contributed by atoms with Gasteiger partial charge in [0.05, 0.1) is 11.4 Å². The van der Waals surface area contributed by atoms with Crippen LogP contribution in [-0.4, -0.2) is 53.6 Å². The lowest BCUT2D eigenvalue weighted by Crippen LogP contribution is -2.42. The Morgan fingerprint density at radius 3 is 2.45 bits per heavy atom. The number of carbonyl (C=O) groups excluding carboxylic acids is 1. The molecule has 0 radical (unpaired) electrons. The van der Waals surface area contributed by atoms with E-state index in [-0.39, 0.29) is 29.8 Å². The number of guanidine groups is 1. The maximum absolute atomic E-state index is 13.0. The topological polar surface area (TPSA) is 92.6 Å². The van der Waals surface area contributed by atoms with E-state index in [1.54, 1.807) is 16.8 Å². The Kier molecular flexibility index (Phi) is 11.3. The van der Waals surface area contributed by atoms with Crippen LogP contribution in [0.4, 0.5) is 9.18 Å². The number of ether oxygens (including phenoxy) is 1. The molecule has 0 saturated heterocycles. The van der Waals surface area contributed by atoms with Gasteiger partial charge in [-0.3, -0.25) is 4.99 Å². The first-order valence-electron chi connectivity index (χ1n) is 10.1. The predicted molar refractivity (Wildman–Crippen MR) is 131 cm³/mol. The molecule has 1 heterocycles. The third-order valence-electron chi connectivity index (χ3n) is 3.80. The summed E-state index contributed by atoms with van der Waals surface area (Å²) in [5, 5.41) is 13.5. The smallest absolute Gasteiger partial charge is 0.407 e. The molecule has 2 aromatic rings. The summed E-state index contributed by atoms with van der Waals surface area (Å²) in [7, 11) is 0. The van der Waals surface area contributed by atoms with Crippen LogP contribution in [0.1, 0.15) is 33.4 Å². The second kappa shape index (κ2) is 13.1. The summed E-state index contributed by atoms with van der Waals surface area (Å²) in [6.07, 6.45) is 2.07. The van der Waals surface area contributed by atoms with Crippen molar-refractivity contribution in [3.8, 4) is 5.69 Å². The number of aromatic nitrogens is 2. The van der Waals surface area contributed by atoms with E-state index in [1.165, 1.54) is 12.1 Å². The van der Waals surface area contributed by atoms with Crippen LogP contribution in [0.5, 0.6) is 0 Å². The van der Waals surface area contributed by atoms with E-state index in [4.69, 9.17) is 4.74 Å². The maximum atomic E-state index is 13.0. The lowest BCUT2D eigenvalue weighted by atomic mass is 10.2. The highest BCUT2D eigenvalue weighted by Gasteiger charge is 2.15. The molecule has 8 nitrogen and oxygen atoms in total. The summed E-state index contributed by atoms with van der Waals surface area (Å²) in [6.45, 7) is 9.67. The summed E-state index contributed by atoms with van der Waals surface area (Å²) in [4.78, 5) is 16.2. The number of alkyl carbamates (subject to hydrolysis) is 1. The molecule has 1 amide bonds. The number of hydrogen-bond donors (Lipinski definition) is 3. The minimum atomic E-state index is -0.516. The normalized spacial score (nSPS) is 11.5. The van der Waals surface area contributed by atoms with Gasteiger partial charge in [0.2, 0.25) is 0 Å². The van der Waals surface area contributed by atoms with Crippen molar-refractivity contribution in [3.05, 3.63) is 48.0 Å². The number of nitrogens with one attached hydrogen (secondary N) is 3. The molecule has 0 aliphatic heterocycles. The molecule has 0 bridgehead atoms. The Balaban J connectivity index is 0.00000480. The van der Waals surface area contributed by atoms with Crippen molar-refractivity contribution in [1.29, 1.82) is 0 Å².